The number of methoxy groups -OCH3 is 1. The van der Waals surface area contributed by atoms with Crippen molar-refractivity contribution in [1.29, 1.82) is 0 Å². The van der Waals surface area contributed by atoms with Crippen molar-refractivity contribution in [1.82, 2.24) is 0 Å². The second kappa shape index (κ2) is 12.3. The molecule has 2 atom stereocenters. The van der Waals surface area contributed by atoms with Gasteiger partial charge in [-0.2, -0.15) is 0 Å². The summed E-state index contributed by atoms with van der Waals surface area (Å²) < 4.78 is 15.1. The number of esters is 3. The van der Waals surface area contributed by atoms with Gasteiger partial charge in [-0.05, 0) is 56.3 Å². The molecule has 0 fully saturated rings. The number of rotatable bonds is 9. The van der Waals surface area contributed by atoms with Crippen molar-refractivity contribution in [3.63, 3.8) is 0 Å². The Bertz CT molecular complexity index is 1380. The Labute approximate surface area is 218 Å². The molecule has 0 aliphatic carbocycles. The molecule has 38 heavy (non-hydrogen) atoms. The molecule has 0 unspecified atom stereocenters. The molecule has 10 heteroatoms. The third-order valence-corrected chi connectivity index (χ3v) is 5.30. The fourth-order valence-electron chi connectivity index (χ4n) is 3.46. The maximum atomic E-state index is 13.3. The summed E-state index contributed by atoms with van der Waals surface area (Å²) in [4.78, 5) is 62.9. The molecule has 0 aliphatic rings. The van der Waals surface area contributed by atoms with Gasteiger partial charge in [-0.25, -0.2) is 19.2 Å². The summed E-state index contributed by atoms with van der Waals surface area (Å²) in [6, 6.07) is 18.1. The monoisotopic (exact) mass is 519 g/mol. The first-order valence-electron chi connectivity index (χ1n) is 11.4. The molecule has 10 nitrogen and oxygen atoms in total. The van der Waals surface area contributed by atoms with E-state index in [1.54, 1.807) is 38.1 Å². The van der Waals surface area contributed by atoms with Crippen LogP contribution >= 0.6 is 0 Å². The molecule has 3 aromatic carbocycles. The topological polar surface area (TPSA) is 145 Å². The number of aliphatic carboxylic acids is 1. The average Bonchev–Trinajstić information content (AvgIpc) is 2.89. The van der Waals surface area contributed by atoms with Crippen molar-refractivity contribution < 1.29 is 43.3 Å². The zero-order chi connectivity index (χ0) is 27.8. The molecule has 2 N–H and O–H groups in total. The van der Waals surface area contributed by atoms with Crippen LogP contribution in [0.15, 0.2) is 72.8 Å². The minimum Gasteiger partial charge on any atom is -0.478 e. The summed E-state index contributed by atoms with van der Waals surface area (Å²) in [5.74, 6) is -5.52. The van der Waals surface area contributed by atoms with E-state index < -0.39 is 42.0 Å². The Balaban J connectivity index is 1.94. The van der Waals surface area contributed by atoms with Gasteiger partial charge in [-0.1, -0.05) is 41.5 Å². The highest BCUT2D eigenvalue weighted by molar-refractivity contribution is 6.02. The van der Waals surface area contributed by atoms with Gasteiger partial charge in [0.15, 0.2) is 0 Å². The molecule has 0 saturated carbocycles. The molecular weight excluding hydrogens is 494 g/mol. The van der Waals surface area contributed by atoms with E-state index in [1.807, 2.05) is 0 Å². The number of amides is 1. The Morgan fingerprint density at radius 3 is 1.63 bits per heavy atom. The zero-order valence-corrected chi connectivity index (χ0v) is 20.8. The molecule has 0 bridgehead atoms. The first-order chi connectivity index (χ1) is 18.1. The van der Waals surface area contributed by atoms with Gasteiger partial charge in [0.2, 0.25) is 12.2 Å². The highest BCUT2D eigenvalue weighted by Gasteiger charge is 2.41. The Kier molecular flexibility index (Phi) is 8.94. The highest BCUT2D eigenvalue weighted by Crippen LogP contribution is 2.18. The summed E-state index contributed by atoms with van der Waals surface area (Å²) in [5, 5.41) is 12.3. The molecule has 3 rings (SSSR count). The lowest BCUT2D eigenvalue weighted by molar-refractivity contribution is -0.157. The molecule has 0 aromatic heterocycles. The van der Waals surface area contributed by atoms with E-state index >= 15 is 0 Å². The number of hydrogen-bond donors (Lipinski definition) is 2. The Hall–Kier alpha value is -4.99. The first kappa shape index (κ1) is 27.6. The van der Waals surface area contributed by atoms with E-state index in [4.69, 9.17) is 9.47 Å². The molecule has 0 saturated heterocycles. The van der Waals surface area contributed by atoms with Crippen LogP contribution in [-0.4, -0.2) is 54.2 Å². The number of aryl methyl sites for hydroxylation is 2. The number of carboxylic acids is 1. The highest BCUT2D eigenvalue weighted by atomic mass is 16.6. The van der Waals surface area contributed by atoms with Crippen LogP contribution in [0.3, 0.4) is 0 Å². The summed E-state index contributed by atoms with van der Waals surface area (Å²) in [7, 11) is 1.19. The standard InChI is InChI=1S/C28H25NO9/c1-16-7-4-9-18(13-16)27(34)37-22(24(30)29-21-12-6-11-20(15-21)26(33)36-3)23(25(31)32)38-28(35)19-10-5-8-17(2)14-19/h4-15,22-23H,1-3H3,(H,29,30)(H,31,32)/t22-,23+/m0/s1. The van der Waals surface area contributed by atoms with Gasteiger partial charge in [-0.3, -0.25) is 4.79 Å². The van der Waals surface area contributed by atoms with E-state index in [0.29, 0.717) is 0 Å². The van der Waals surface area contributed by atoms with Gasteiger partial charge in [0.05, 0.1) is 23.8 Å². The second-order valence-corrected chi connectivity index (χ2v) is 8.29. The maximum Gasteiger partial charge on any atom is 0.349 e. The number of carboxylic acid groups (broad SMARTS) is 1. The summed E-state index contributed by atoms with van der Waals surface area (Å²) in [5.41, 5.74) is 1.75. The normalized spacial score (nSPS) is 12.0. The Morgan fingerprint density at radius 1 is 0.684 bits per heavy atom. The van der Waals surface area contributed by atoms with Crippen LogP contribution in [0, 0.1) is 13.8 Å². The quantitative estimate of drug-likeness (QED) is 0.320. The number of carbonyl (C=O) groups excluding carboxylic acids is 4. The molecular formula is C28H25NO9. The van der Waals surface area contributed by atoms with Crippen LogP contribution in [0.1, 0.15) is 42.2 Å². The fraction of sp³-hybridized carbons (Fsp3) is 0.179. The SMILES string of the molecule is COC(=O)c1cccc(NC(=O)[C@@H](OC(=O)c2cccc(C)c2)[C@@H](OC(=O)c2cccc(C)c2)C(=O)O)c1. The first-order valence-corrected chi connectivity index (χ1v) is 11.4. The molecule has 3 aromatic rings. The van der Waals surface area contributed by atoms with Gasteiger partial charge < -0.3 is 24.6 Å². The van der Waals surface area contributed by atoms with Crippen molar-refractivity contribution >= 4 is 35.5 Å². The number of nitrogens with one attached hydrogen (secondary N) is 1. The number of hydrogen-bond acceptors (Lipinski definition) is 8. The Morgan fingerprint density at radius 2 is 1.16 bits per heavy atom. The van der Waals surface area contributed by atoms with E-state index in [0.717, 1.165) is 11.1 Å². The summed E-state index contributed by atoms with van der Waals surface area (Å²) >= 11 is 0. The van der Waals surface area contributed by atoms with Crippen molar-refractivity contribution in [3.05, 3.63) is 101 Å². The van der Waals surface area contributed by atoms with Gasteiger partial charge in [0.25, 0.3) is 5.91 Å². The number of ether oxygens (including phenoxy) is 3. The lowest BCUT2D eigenvalue weighted by Gasteiger charge is -2.23. The van der Waals surface area contributed by atoms with E-state index in [-0.39, 0.29) is 22.4 Å². The predicted molar refractivity (Wildman–Crippen MR) is 135 cm³/mol. The summed E-state index contributed by atoms with van der Waals surface area (Å²) in [6.07, 6.45) is -4.28. The smallest absolute Gasteiger partial charge is 0.349 e. The van der Waals surface area contributed by atoms with Crippen LogP contribution in [0.5, 0.6) is 0 Å². The van der Waals surface area contributed by atoms with Crippen molar-refractivity contribution in [2.75, 3.05) is 12.4 Å². The fourth-order valence-corrected chi connectivity index (χ4v) is 3.46. The largest absolute Gasteiger partial charge is 0.478 e. The minimum atomic E-state index is -2.19. The second-order valence-electron chi connectivity index (χ2n) is 8.29. The maximum absolute atomic E-state index is 13.3. The number of carbonyl (C=O) groups is 5. The number of anilines is 1. The molecule has 1 amide bonds. The molecule has 196 valence electrons. The average molecular weight is 520 g/mol. The molecule has 0 aliphatic heterocycles. The van der Waals surface area contributed by atoms with Crippen LogP contribution < -0.4 is 5.32 Å². The third kappa shape index (κ3) is 7.03. The predicted octanol–water partition coefficient (Wildman–Crippen LogP) is 3.56. The molecule has 0 spiro atoms. The van der Waals surface area contributed by atoms with E-state index in [9.17, 15) is 29.1 Å². The number of benzene rings is 3. The third-order valence-electron chi connectivity index (χ3n) is 5.30. The van der Waals surface area contributed by atoms with Gasteiger partial charge in [0.1, 0.15) is 0 Å². The van der Waals surface area contributed by atoms with Crippen molar-refractivity contribution in [3.8, 4) is 0 Å². The summed E-state index contributed by atoms with van der Waals surface area (Å²) in [6.45, 7) is 3.47. The van der Waals surface area contributed by atoms with Crippen molar-refractivity contribution in [2.45, 2.75) is 26.1 Å². The van der Waals surface area contributed by atoms with E-state index in [1.165, 1.54) is 55.6 Å². The van der Waals surface area contributed by atoms with Crippen LogP contribution in [0.2, 0.25) is 0 Å². The van der Waals surface area contributed by atoms with Gasteiger partial charge in [-0.15, -0.1) is 0 Å². The lowest BCUT2D eigenvalue weighted by Crippen LogP contribution is -2.48. The van der Waals surface area contributed by atoms with E-state index in [2.05, 4.69) is 10.1 Å². The molecule has 0 heterocycles. The van der Waals surface area contributed by atoms with Gasteiger partial charge in [0, 0.05) is 5.69 Å². The minimum absolute atomic E-state index is 0.0474. The van der Waals surface area contributed by atoms with Crippen LogP contribution in [-0.2, 0) is 23.8 Å². The van der Waals surface area contributed by atoms with Gasteiger partial charge >= 0.3 is 23.9 Å². The zero-order valence-electron chi connectivity index (χ0n) is 20.8. The van der Waals surface area contributed by atoms with Crippen LogP contribution in [0.25, 0.3) is 0 Å². The van der Waals surface area contributed by atoms with Crippen molar-refractivity contribution in [2.24, 2.45) is 0 Å². The van der Waals surface area contributed by atoms with Crippen LogP contribution in [0.4, 0.5) is 5.69 Å². The molecule has 0 radical (unpaired) electrons. The lowest BCUT2D eigenvalue weighted by atomic mass is 10.1.